The maximum Gasteiger partial charge on any atom is 0.0578 e. The first-order valence-electron chi connectivity index (χ1n) is 6.72. The van der Waals surface area contributed by atoms with E-state index >= 15 is 0 Å². The fraction of sp³-hybridized carbons (Fsp3) is 0.600. The van der Waals surface area contributed by atoms with Gasteiger partial charge in [0.2, 0.25) is 0 Å². The fourth-order valence-corrected chi connectivity index (χ4v) is 2.11. The minimum absolute atomic E-state index is 0.344. The predicted molar refractivity (Wildman–Crippen MR) is 75.6 cm³/mol. The first-order chi connectivity index (χ1) is 8.49. The van der Waals surface area contributed by atoms with Crippen LogP contribution in [0.4, 0.5) is 5.69 Å². The van der Waals surface area contributed by atoms with Gasteiger partial charge in [-0.05, 0) is 48.9 Å². The second-order valence-electron chi connectivity index (χ2n) is 4.96. The Hall–Kier alpha value is -1.06. The van der Waals surface area contributed by atoms with Crippen LogP contribution < -0.4 is 5.73 Å². The van der Waals surface area contributed by atoms with Crippen LogP contribution >= 0.6 is 0 Å². The van der Waals surface area contributed by atoms with E-state index in [1.165, 1.54) is 0 Å². The summed E-state index contributed by atoms with van der Waals surface area (Å²) in [6, 6.07) is 3.86. The molecule has 0 radical (unpaired) electrons. The van der Waals surface area contributed by atoms with Gasteiger partial charge in [0.15, 0.2) is 0 Å². The number of benzene rings is 1. The van der Waals surface area contributed by atoms with Crippen molar-refractivity contribution >= 4 is 5.69 Å². The predicted octanol–water partition coefficient (Wildman–Crippen LogP) is 2.20. The molecule has 0 amide bonds. The summed E-state index contributed by atoms with van der Waals surface area (Å²) in [5, 5.41) is 19.7. The molecular formula is C15H25NO2. The standard InChI is InChI=1S/C15H25NO2/c1-4-11(17)8-13-10(3)6-7-15(16)14(13)9-12(18)5-2/h6-7,11-12,17-18H,4-5,8-9,16H2,1-3H3. The van der Waals surface area contributed by atoms with Crippen LogP contribution in [0.2, 0.25) is 0 Å². The third-order valence-corrected chi connectivity index (χ3v) is 3.52. The van der Waals surface area contributed by atoms with Gasteiger partial charge in [0.25, 0.3) is 0 Å². The van der Waals surface area contributed by atoms with Crippen molar-refractivity contribution in [1.29, 1.82) is 0 Å². The molecule has 0 aliphatic carbocycles. The molecule has 0 spiro atoms. The van der Waals surface area contributed by atoms with Gasteiger partial charge in [-0.1, -0.05) is 19.9 Å². The van der Waals surface area contributed by atoms with Gasteiger partial charge >= 0.3 is 0 Å². The Labute approximate surface area is 110 Å². The van der Waals surface area contributed by atoms with Gasteiger partial charge in [0, 0.05) is 12.1 Å². The molecule has 1 rings (SSSR count). The number of aryl methyl sites for hydroxylation is 1. The van der Waals surface area contributed by atoms with Crippen LogP contribution in [0.1, 0.15) is 43.4 Å². The molecule has 2 unspecified atom stereocenters. The number of nitrogen functional groups attached to an aromatic ring is 1. The summed E-state index contributed by atoms with van der Waals surface area (Å²) >= 11 is 0. The largest absolute Gasteiger partial charge is 0.398 e. The van der Waals surface area contributed by atoms with Crippen LogP contribution in [0.3, 0.4) is 0 Å². The average molecular weight is 251 g/mol. The topological polar surface area (TPSA) is 66.5 Å². The van der Waals surface area contributed by atoms with Crippen LogP contribution in [-0.4, -0.2) is 22.4 Å². The Bertz CT molecular complexity index is 353. The normalized spacial score (nSPS) is 14.5. The molecule has 3 heteroatoms. The molecule has 3 nitrogen and oxygen atoms in total. The van der Waals surface area contributed by atoms with Crippen molar-refractivity contribution in [3.05, 3.63) is 28.8 Å². The Morgan fingerprint density at radius 2 is 1.50 bits per heavy atom. The second kappa shape index (κ2) is 6.76. The maximum absolute atomic E-state index is 9.84. The van der Waals surface area contributed by atoms with E-state index in [1.807, 2.05) is 32.9 Å². The summed E-state index contributed by atoms with van der Waals surface area (Å²) < 4.78 is 0. The Morgan fingerprint density at radius 3 is 2.00 bits per heavy atom. The molecule has 0 heterocycles. The van der Waals surface area contributed by atoms with E-state index in [9.17, 15) is 10.2 Å². The van der Waals surface area contributed by atoms with Crippen LogP contribution in [-0.2, 0) is 12.8 Å². The summed E-state index contributed by atoms with van der Waals surface area (Å²) in [6.07, 6.45) is 1.90. The Morgan fingerprint density at radius 1 is 1.00 bits per heavy atom. The molecule has 1 aromatic rings. The highest BCUT2D eigenvalue weighted by Gasteiger charge is 2.15. The van der Waals surface area contributed by atoms with E-state index in [4.69, 9.17) is 5.73 Å². The molecule has 0 saturated heterocycles. The Kier molecular flexibility index (Phi) is 5.63. The molecule has 2 atom stereocenters. The van der Waals surface area contributed by atoms with Crippen LogP contribution in [0.25, 0.3) is 0 Å². The van der Waals surface area contributed by atoms with Crippen LogP contribution in [0.5, 0.6) is 0 Å². The maximum atomic E-state index is 9.84. The van der Waals surface area contributed by atoms with Gasteiger partial charge in [0.1, 0.15) is 0 Å². The second-order valence-corrected chi connectivity index (χ2v) is 4.96. The number of aliphatic hydroxyl groups excluding tert-OH is 2. The first-order valence-corrected chi connectivity index (χ1v) is 6.72. The van der Waals surface area contributed by atoms with Crippen LogP contribution in [0.15, 0.2) is 12.1 Å². The molecule has 102 valence electrons. The number of hydrogen-bond donors (Lipinski definition) is 3. The van der Waals surface area contributed by atoms with Crippen molar-refractivity contribution in [2.24, 2.45) is 0 Å². The van der Waals surface area contributed by atoms with E-state index in [0.29, 0.717) is 24.9 Å². The van der Waals surface area contributed by atoms with Crippen LogP contribution in [0, 0.1) is 6.92 Å². The van der Waals surface area contributed by atoms with Crippen molar-refractivity contribution in [3.8, 4) is 0 Å². The summed E-state index contributed by atoms with van der Waals surface area (Å²) in [7, 11) is 0. The molecule has 0 bridgehead atoms. The minimum Gasteiger partial charge on any atom is -0.398 e. The van der Waals surface area contributed by atoms with Gasteiger partial charge in [0.05, 0.1) is 12.2 Å². The minimum atomic E-state index is -0.369. The third kappa shape index (κ3) is 3.72. The van der Waals surface area contributed by atoms with Crippen molar-refractivity contribution in [1.82, 2.24) is 0 Å². The molecule has 0 fully saturated rings. The van der Waals surface area contributed by atoms with Crippen molar-refractivity contribution in [2.45, 2.75) is 58.7 Å². The van der Waals surface area contributed by atoms with Gasteiger partial charge in [-0.25, -0.2) is 0 Å². The zero-order valence-corrected chi connectivity index (χ0v) is 11.6. The zero-order chi connectivity index (χ0) is 13.7. The lowest BCUT2D eigenvalue weighted by Gasteiger charge is -2.19. The number of anilines is 1. The van der Waals surface area contributed by atoms with Gasteiger partial charge in [-0.2, -0.15) is 0 Å². The van der Waals surface area contributed by atoms with Gasteiger partial charge in [-0.3, -0.25) is 0 Å². The van der Waals surface area contributed by atoms with Crippen molar-refractivity contribution < 1.29 is 10.2 Å². The number of nitrogens with two attached hydrogens (primary N) is 1. The first kappa shape index (κ1) is 15.0. The highest BCUT2D eigenvalue weighted by atomic mass is 16.3. The summed E-state index contributed by atoms with van der Waals surface area (Å²) in [6.45, 7) is 5.95. The lowest BCUT2D eigenvalue weighted by Crippen LogP contribution is -2.17. The number of hydrogen-bond acceptors (Lipinski definition) is 3. The van der Waals surface area contributed by atoms with E-state index in [-0.39, 0.29) is 12.2 Å². The van der Waals surface area contributed by atoms with Crippen molar-refractivity contribution in [2.75, 3.05) is 5.73 Å². The average Bonchev–Trinajstić information content (AvgIpc) is 2.37. The van der Waals surface area contributed by atoms with E-state index in [2.05, 4.69) is 0 Å². The summed E-state index contributed by atoms with van der Waals surface area (Å²) in [5.74, 6) is 0. The Balaban J connectivity index is 3.08. The van der Waals surface area contributed by atoms with Gasteiger partial charge in [-0.15, -0.1) is 0 Å². The lowest BCUT2D eigenvalue weighted by molar-refractivity contribution is 0.164. The van der Waals surface area contributed by atoms with E-state index in [1.54, 1.807) is 0 Å². The molecular weight excluding hydrogens is 226 g/mol. The number of aliphatic hydroxyl groups is 2. The van der Waals surface area contributed by atoms with E-state index in [0.717, 1.165) is 23.1 Å². The highest BCUT2D eigenvalue weighted by molar-refractivity contribution is 5.54. The molecule has 0 aromatic heterocycles. The molecule has 0 saturated carbocycles. The molecule has 0 aliphatic rings. The number of rotatable bonds is 6. The zero-order valence-electron chi connectivity index (χ0n) is 11.6. The van der Waals surface area contributed by atoms with Crippen molar-refractivity contribution in [3.63, 3.8) is 0 Å². The van der Waals surface area contributed by atoms with Gasteiger partial charge < -0.3 is 15.9 Å². The molecule has 1 aromatic carbocycles. The highest BCUT2D eigenvalue weighted by Crippen LogP contribution is 2.25. The third-order valence-electron chi connectivity index (χ3n) is 3.52. The fourth-order valence-electron chi connectivity index (χ4n) is 2.11. The SMILES string of the molecule is CCC(O)Cc1c(C)ccc(N)c1CC(O)CC. The lowest BCUT2D eigenvalue weighted by atomic mass is 9.91. The molecule has 18 heavy (non-hydrogen) atoms. The quantitative estimate of drug-likeness (QED) is 0.679. The summed E-state index contributed by atoms with van der Waals surface area (Å²) in [4.78, 5) is 0. The molecule has 0 aliphatic heterocycles. The molecule has 4 N–H and O–H groups in total. The summed E-state index contributed by atoms with van der Waals surface area (Å²) in [5.41, 5.74) is 9.96. The monoisotopic (exact) mass is 251 g/mol. The smallest absolute Gasteiger partial charge is 0.0578 e. The van der Waals surface area contributed by atoms with E-state index < -0.39 is 0 Å².